The Morgan fingerprint density at radius 1 is 1.26 bits per heavy atom. The van der Waals surface area contributed by atoms with Gasteiger partial charge in [-0.2, -0.15) is 0 Å². The van der Waals surface area contributed by atoms with Gasteiger partial charge in [0.1, 0.15) is 0 Å². The van der Waals surface area contributed by atoms with Crippen LogP contribution in [0, 0.1) is 0 Å². The van der Waals surface area contributed by atoms with Crippen LogP contribution in [0.4, 0.5) is 0 Å². The van der Waals surface area contributed by atoms with Gasteiger partial charge in [-0.25, -0.2) is 0 Å². The summed E-state index contributed by atoms with van der Waals surface area (Å²) < 4.78 is 0. The van der Waals surface area contributed by atoms with Gasteiger partial charge in [0.15, 0.2) is 0 Å². The van der Waals surface area contributed by atoms with Gasteiger partial charge in [-0.15, -0.1) is 11.8 Å². The number of hydrogen-bond donors (Lipinski definition) is 2. The fourth-order valence-corrected chi connectivity index (χ4v) is 3.72. The maximum Gasteiger partial charge on any atom is 0.0741 e. The van der Waals surface area contributed by atoms with E-state index in [2.05, 4.69) is 43.4 Å². The van der Waals surface area contributed by atoms with Crippen molar-refractivity contribution in [1.82, 2.24) is 5.32 Å². The highest BCUT2D eigenvalue weighted by Gasteiger charge is 2.30. The highest BCUT2D eigenvalue weighted by molar-refractivity contribution is 7.99. The summed E-state index contributed by atoms with van der Waals surface area (Å²) in [4.78, 5) is 1.26. The topological polar surface area (TPSA) is 32.3 Å². The normalized spacial score (nSPS) is 19.5. The molecule has 2 rings (SSSR count). The minimum atomic E-state index is -0.416. The molecule has 1 fully saturated rings. The lowest BCUT2D eigenvalue weighted by Crippen LogP contribution is -2.27. The van der Waals surface area contributed by atoms with E-state index >= 15 is 0 Å². The molecule has 1 atom stereocenters. The summed E-state index contributed by atoms with van der Waals surface area (Å²) >= 11 is 1.78. The zero-order chi connectivity index (χ0) is 13.7. The van der Waals surface area contributed by atoms with Crippen molar-refractivity contribution in [3.63, 3.8) is 0 Å². The molecule has 2 N–H and O–H groups in total. The largest absolute Gasteiger partial charge is 0.389 e. The Labute approximate surface area is 121 Å². The van der Waals surface area contributed by atoms with Crippen molar-refractivity contribution in [2.24, 2.45) is 0 Å². The van der Waals surface area contributed by atoms with Crippen LogP contribution in [0.5, 0.6) is 0 Å². The third kappa shape index (κ3) is 4.23. The second-order valence-electron chi connectivity index (χ2n) is 5.57. The quantitative estimate of drug-likeness (QED) is 0.778. The van der Waals surface area contributed by atoms with Gasteiger partial charge in [0.05, 0.1) is 5.60 Å². The van der Waals surface area contributed by atoms with Gasteiger partial charge in [0.25, 0.3) is 0 Å². The second kappa shape index (κ2) is 6.78. The lowest BCUT2D eigenvalue weighted by atomic mass is 10.1. The molecule has 0 spiro atoms. The van der Waals surface area contributed by atoms with E-state index in [-0.39, 0.29) is 0 Å². The van der Waals surface area contributed by atoms with Crippen molar-refractivity contribution in [3.8, 4) is 0 Å². The van der Waals surface area contributed by atoms with E-state index in [0.29, 0.717) is 6.04 Å². The van der Waals surface area contributed by atoms with Crippen molar-refractivity contribution in [3.05, 3.63) is 29.8 Å². The van der Waals surface area contributed by atoms with Crippen LogP contribution in [0.1, 0.15) is 51.1 Å². The summed E-state index contributed by atoms with van der Waals surface area (Å²) in [5.41, 5.74) is 0.909. The van der Waals surface area contributed by atoms with Crippen LogP contribution in [0.25, 0.3) is 0 Å². The van der Waals surface area contributed by atoms with Gasteiger partial charge >= 0.3 is 0 Å². The van der Waals surface area contributed by atoms with Crippen molar-refractivity contribution in [2.75, 3.05) is 12.3 Å². The predicted octanol–water partition coefficient (Wildman–Crippen LogP) is 3.75. The predicted molar refractivity (Wildman–Crippen MR) is 82.7 cm³/mol. The molecular formula is C16H25NOS. The molecule has 0 amide bonds. The molecule has 0 bridgehead atoms. The Kier molecular flexibility index (Phi) is 5.31. The number of aliphatic hydroxyl groups is 1. The summed E-state index contributed by atoms with van der Waals surface area (Å²) in [5.74, 6) is 0.828. The van der Waals surface area contributed by atoms with E-state index in [1.165, 1.54) is 23.3 Å². The first-order valence-corrected chi connectivity index (χ1v) is 8.30. The molecule has 1 aliphatic carbocycles. The fourth-order valence-electron chi connectivity index (χ4n) is 2.67. The first-order chi connectivity index (χ1) is 9.13. The van der Waals surface area contributed by atoms with Crippen LogP contribution in [0.3, 0.4) is 0 Å². The average molecular weight is 279 g/mol. The van der Waals surface area contributed by atoms with Gasteiger partial charge in [-0.3, -0.25) is 0 Å². The molecule has 1 aliphatic rings. The van der Waals surface area contributed by atoms with Gasteiger partial charge in [0, 0.05) is 16.7 Å². The Hall–Kier alpha value is -0.510. The van der Waals surface area contributed by atoms with Crippen LogP contribution in [-0.4, -0.2) is 23.0 Å². The third-order valence-electron chi connectivity index (χ3n) is 3.93. The molecule has 1 unspecified atom stereocenters. The highest BCUT2D eigenvalue weighted by atomic mass is 32.2. The van der Waals surface area contributed by atoms with E-state index in [0.717, 1.165) is 25.1 Å². The molecule has 0 heterocycles. The van der Waals surface area contributed by atoms with Gasteiger partial charge < -0.3 is 10.4 Å². The zero-order valence-electron chi connectivity index (χ0n) is 12.0. The molecule has 19 heavy (non-hydrogen) atoms. The molecule has 1 aromatic rings. The SMILES string of the molecule is CCNC(C)c1ccc(SCC2(O)CCCC2)cc1. The Bertz CT molecular complexity index is 384. The number of benzene rings is 1. The van der Waals surface area contributed by atoms with Gasteiger partial charge in [-0.05, 0) is 44.0 Å². The molecule has 1 aromatic carbocycles. The van der Waals surface area contributed by atoms with E-state index in [1.54, 1.807) is 11.8 Å². The number of nitrogens with one attached hydrogen (secondary N) is 1. The maximum absolute atomic E-state index is 10.3. The summed E-state index contributed by atoms with van der Waals surface area (Å²) in [7, 11) is 0. The lowest BCUT2D eigenvalue weighted by Gasteiger charge is -2.21. The third-order valence-corrected chi connectivity index (χ3v) is 5.22. The molecule has 0 aliphatic heterocycles. The molecule has 0 saturated heterocycles. The van der Waals surface area contributed by atoms with Crippen molar-refractivity contribution in [2.45, 2.75) is 56.1 Å². The van der Waals surface area contributed by atoms with Crippen LogP contribution >= 0.6 is 11.8 Å². The van der Waals surface area contributed by atoms with E-state index < -0.39 is 5.60 Å². The first kappa shape index (κ1) is 14.9. The molecule has 3 heteroatoms. The van der Waals surface area contributed by atoms with Crippen LogP contribution in [0.15, 0.2) is 29.2 Å². The second-order valence-corrected chi connectivity index (χ2v) is 6.62. The Balaban J connectivity index is 1.88. The Morgan fingerprint density at radius 3 is 2.47 bits per heavy atom. The van der Waals surface area contributed by atoms with Gasteiger partial charge in [0.2, 0.25) is 0 Å². The molecule has 0 aromatic heterocycles. The summed E-state index contributed by atoms with van der Waals surface area (Å²) in [6.07, 6.45) is 4.29. The van der Waals surface area contributed by atoms with Crippen molar-refractivity contribution >= 4 is 11.8 Å². The lowest BCUT2D eigenvalue weighted by molar-refractivity contribution is 0.0732. The minimum absolute atomic E-state index is 0.406. The molecular weight excluding hydrogens is 254 g/mol. The van der Waals surface area contributed by atoms with Gasteiger partial charge in [-0.1, -0.05) is 31.9 Å². The molecule has 106 valence electrons. The van der Waals surface area contributed by atoms with Crippen LogP contribution in [-0.2, 0) is 0 Å². The fraction of sp³-hybridized carbons (Fsp3) is 0.625. The summed E-state index contributed by atoms with van der Waals surface area (Å²) in [5, 5.41) is 13.8. The van der Waals surface area contributed by atoms with E-state index in [9.17, 15) is 5.11 Å². The van der Waals surface area contributed by atoms with Crippen LogP contribution < -0.4 is 5.32 Å². The smallest absolute Gasteiger partial charge is 0.0741 e. The first-order valence-electron chi connectivity index (χ1n) is 7.31. The summed E-state index contributed by atoms with van der Waals surface area (Å²) in [6.45, 7) is 5.31. The van der Waals surface area contributed by atoms with E-state index in [1.807, 2.05) is 0 Å². The minimum Gasteiger partial charge on any atom is -0.389 e. The standard InChI is InChI=1S/C16H25NOS/c1-3-17-13(2)14-6-8-15(9-7-14)19-12-16(18)10-4-5-11-16/h6-9,13,17-18H,3-5,10-12H2,1-2H3. The van der Waals surface area contributed by atoms with Crippen molar-refractivity contribution < 1.29 is 5.11 Å². The van der Waals surface area contributed by atoms with Crippen molar-refractivity contribution in [1.29, 1.82) is 0 Å². The average Bonchev–Trinajstić information content (AvgIpc) is 2.85. The Morgan fingerprint density at radius 2 is 1.89 bits per heavy atom. The van der Waals surface area contributed by atoms with E-state index in [4.69, 9.17) is 0 Å². The number of hydrogen-bond acceptors (Lipinski definition) is 3. The summed E-state index contributed by atoms with van der Waals surface area (Å²) in [6, 6.07) is 9.13. The zero-order valence-corrected chi connectivity index (χ0v) is 12.8. The monoisotopic (exact) mass is 279 g/mol. The molecule has 0 radical (unpaired) electrons. The maximum atomic E-state index is 10.3. The molecule has 1 saturated carbocycles. The van der Waals surface area contributed by atoms with Crippen LogP contribution in [0.2, 0.25) is 0 Å². The number of thioether (sulfide) groups is 1. The molecule has 2 nitrogen and oxygen atoms in total. The highest BCUT2D eigenvalue weighted by Crippen LogP contribution is 2.34. The number of rotatable bonds is 6.